The minimum Gasteiger partial charge on any atom is -0.462 e. The van der Waals surface area contributed by atoms with Crippen molar-refractivity contribution in [2.24, 2.45) is 11.8 Å². The van der Waals surface area contributed by atoms with Crippen LogP contribution >= 0.6 is 0 Å². The Hall–Kier alpha value is -0.530. The normalized spacial score (nSPS) is 25.8. The third-order valence-corrected chi connectivity index (χ3v) is 6.25. The summed E-state index contributed by atoms with van der Waals surface area (Å²) in [6.07, 6.45) is 22.0. The van der Waals surface area contributed by atoms with Gasteiger partial charge in [-0.2, -0.15) is 0 Å². The van der Waals surface area contributed by atoms with Gasteiger partial charge in [-0.1, -0.05) is 71.1 Å². The molecule has 2 heteroatoms. The Morgan fingerprint density at radius 1 is 0.792 bits per heavy atom. The Balaban J connectivity index is 1.37. The molecule has 2 nitrogen and oxygen atoms in total. The number of hydrogen-bond donors (Lipinski definition) is 0. The van der Waals surface area contributed by atoms with E-state index in [0.717, 1.165) is 18.8 Å². The van der Waals surface area contributed by atoms with Gasteiger partial charge in [0.25, 0.3) is 0 Å². The van der Waals surface area contributed by atoms with Gasteiger partial charge in [0.05, 0.1) is 0 Å². The van der Waals surface area contributed by atoms with Crippen molar-refractivity contribution in [2.75, 3.05) is 0 Å². The topological polar surface area (TPSA) is 26.3 Å². The molecule has 24 heavy (non-hydrogen) atoms. The first-order valence-electron chi connectivity index (χ1n) is 11.0. The second-order valence-corrected chi connectivity index (χ2v) is 8.33. The predicted molar refractivity (Wildman–Crippen MR) is 101 cm³/mol. The van der Waals surface area contributed by atoms with Gasteiger partial charge < -0.3 is 4.74 Å². The zero-order valence-corrected chi connectivity index (χ0v) is 16.1. The highest BCUT2D eigenvalue weighted by Crippen LogP contribution is 2.42. The van der Waals surface area contributed by atoms with Crippen LogP contribution in [0.1, 0.15) is 116 Å². The molecule has 0 aliphatic heterocycles. The fourth-order valence-electron chi connectivity index (χ4n) is 4.62. The summed E-state index contributed by atoms with van der Waals surface area (Å²) >= 11 is 0. The third-order valence-electron chi connectivity index (χ3n) is 6.25. The molecule has 0 radical (unpaired) electrons. The van der Waals surface area contributed by atoms with Gasteiger partial charge in [-0.25, -0.2) is 0 Å². The quantitative estimate of drug-likeness (QED) is 0.273. The number of esters is 1. The number of fused-ring (bicyclic) bond motifs is 3. The predicted octanol–water partition coefficient (Wildman–Crippen LogP) is 6.81. The van der Waals surface area contributed by atoms with E-state index in [1.54, 1.807) is 0 Å². The average molecular weight is 337 g/mol. The molecule has 0 aromatic heterocycles. The summed E-state index contributed by atoms with van der Waals surface area (Å²) in [5.41, 5.74) is 0. The standard InChI is InChI=1S/C22H40O2/c1-2-3-4-5-6-7-8-9-10-11-12-13-22(23)24-21-18-19-14-16-20(21)17-15-19/h19-21H,2-18H2,1H3. The minimum atomic E-state index is 0.0727. The van der Waals surface area contributed by atoms with Crippen molar-refractivity contribution in [3.8, 4) is 0 Å². The monoisotopic (exact) mass is 336 g/mol. The summed E-state index contributed by atoms with van der Waals surface area (Å²) in [7, 11) is 0. The van der Waals surface area contributed by atoms with Gasteiger partial charge in [-0.15, -0.1) is 0 Å². The number of unbranched alkanes of at least 4 members (excludes halogenated alkanes) is 10. The lowest BCUT2D eigenvalue weighted by atomic mass is 9.69. The van der Waals surface area contributed by atoms with Crippen molar-refractivity contribution < 1.29 is 9.53 Å². The van der Waals surface area contributed by atoms with Crippen LogP contribution < -0.4 is 0 Å². The van der Waals surface area contributed by atoms with E-state index in [9.17, 15) is 4.79 Å². The van der Waals surface area contributed by atoms with Gasteiger partial charge >= 0.3 is 5.97 Å². The molecule has 1 atom stereocenters. The molecule has 3 fully saturated rings. The Bertz CT molecular complexity index is 331. The largest absolute Gasteiger partial charge is 0.462 e. The molecule has 0 aromatic carbocycles. The molecule has 3 rings (SSSR count). The molecule has 0 heterocycles. The van der Waals surface area contributed by atoms with E-state index >= 15 is 0 Å². The zero-order valence-electron chi connectivity index (χ0n) is 16.1. The molecule has 0 spiro atoms. The molecular weight excluding hydrogens is 296 g/mol. The van der Waals surface area contributed by atoms with Gasteiger partial charge in [-0.05, 0) is 50.4 Å². The fourth-order valence-corrected chi connectivity index (χ4v) is 4.62. The van der Waals surface area contributed by atoms with E-state index in [0.29, 0.717) is 12.3 Å². The molecule has 2 bridgehead atoms. The Morgan fingerprint density at radius 2 is 1.33 bits per heavy atom. The van der Waals surface area contributed by atoms with Crippen LogP contribution in [0, 0.1) is 11.8 Å². The number of carbonyl (C=O) groups is 1. The molecule has 3 saturated carbocycles. The highest BCUT2D eigenvalue weighted by atomic mass is 16.5. The van der Waals surface area contributed by atoms with Crippen LogP contribution in [0.25, 0.3) is 0 Å². The number of rotatable bonds is 13. The molecule has 0 saturated heterocycles. The van der Waals surface area contributed by atoms with Crippen LogP contribution in [0.4, 0.5) is 0 Å². The number of ether oxygens (including phenoxy) is 1. The van der Waals surface area contributed by atoms with Gasteiger partial charge in [0.2, 0.25) is 0 Å². The summed E-state index contributed by atoms with van der Waals surface area (Å²) in [5.74, 6) is 1.59. The van der Waals surface area contributed by atoms with Crippen LogP contribution in [0.3, 0.4) is 0 Å². The van der Waals surface area contributed by atoms with Crippen molar-refractivity contribution in [3.05, 3.63) is 0 Å². The summed E-state index contributed by atoms with van der Waals surface area (Å²) < 4.78 is 5.78. The van der Waals surface area contributed by atoms with Crippen molar-refractivity contribution in [3.63, 3.8) is 0 Å². The number of hydrogen-bond acceptors (Lipinski definition) is 2. The minimum absolute atomic E-state index is 0.0727. The van der Waals surface area contributed by atoms with E-state index in [-0.39, 0.29) is 12.1 Å². The first-order chi connectivity index (χ1) is 11.8. The lowest BCUT2D eigenvalue weighted by molar-refractivity contribution is -0.157. The lowest BCUT2D eigenvalue weighted by Gasteiger charge is -2.41. The van der Waals surface area contributed by atoms with Crippen LogP contribution in [-0.4, -0.2) is 12.1 Å². The van der Waals surface area contributed by atoms with Crippen LogP contribution in [0.5, 0.6) is 0 Å². The Labute approximate surface area is 150 Å². The first kappa shape index (κ1) is 19.8. The maximum atomic E-state index is 12.0. The lowest BCUT2D eigenvalue weighted by Crippen LogP contribution is -2.38. The van der Waals surface area contributed by atoms with Gasteiger partial charge in [0.1, 0.15) is 6.10 Å². The van der Waals surface area contributed by atoms with Gasteiger partial charge in [-0.3, -0.25) is 4.79 Å². The second kappa shape index (κ2) is 11.9. The van der Waals surface area contributed by atoms with E-state index < -0.39 is 0 Å². The number of carbonyl (C=O) groups excluding carboxylic acids is 1. The Kier molecular flexibility index (Phi) is 9.83. The maximum absolute atomic E-state index is 12.0. The Morgan fingerprint density at radius 3 is 1.83 bits per heavy atom. The molecular formula is C22H40O2. The molecule has 0 amide bonds. The zero-order chi connectivity index (χ0) is 17.0. The summed E-state index contributed by atoms with van der Waals surface area (Å²) in [5, 5.41) is 0. The van der Waals surface area contributed by atoms with E-state index in [1.165, 1.54) is 89.9 Å². The highest BCUT2D eigenvalue weighted by molar-refractivity contribution is 5.69. The third kappa shape index (κ3) is 7.57. The van der Waals surface area contributed by atoms with Crippen LogP contribution in [-0.2, 0) is 9.53 Å². The molecule has 1 unspecified atom stereocenters. The van der Waals surface area contributed by atoms with Crippen molar-refractivity contribution >= 4 is 5.97 Å². The van der Waals surface area contributed by atoms with Crippen molar-refractivity contribution in [1.29, 1.82) is 0 Å². The fraction of sp³-hybridized carbons (Fsp3) is 0.955. The molecule has 0 N–H and O–H groups in total. The maximum Gasteiger partial charge on any atom is 0.306 e. The molecule has 3 aliphatic carbocycles. The summed E-state index contributed by atoms with van der Waals surface area (Å²) in [4.78, 5) is 12.0. The molecule has 140 valence electrons. The van der Waals surface area contributed by atoms with E-state index in [2.05, 4.69) is 6.92 Å². The summed E-state index contributed by atoms with van der Waals surface area (Å²) in [6.45, 7) is 2.27. The molecule has 0 aromatic rings. The van der Waals surface area contributed by atoms with Gasteiger partial charge in [0.15, 0.2) is 0 Å². The van der Waals surface area contributed by atoms with Crippen molar-refractivity contribution in [1.82, 2.24) is 0 Å². The average Bonchev–Trinajstić information content (AvgIpc) is 2.61. The summed E-state index contributed by atoms with van der Waals surface area (Å²) in [6, 6.07) is 0. The first-order valence-corrected chi connectivity index (χ1v) is 11.0. The van der Waals surface area contributed by atoms with Crippen LogP contribution in [0.15, 0.2) is 0 Å². The van der Waals surface area contributed by atoms with E-state index in [1.807, 2.05) is 0 Å². The second-order valence-electron chi connectivity index (χ2n) is 8.33. The smallest absolute Gasteiger partial charge is 0.306 e. The van der Waals surface area contributed by atoms with Crippen LogP contribution in [0.2, 0.25) is 0 Å². The molecule has 3 aliphatic rings. The highest BCUT2D eigenvalue weighted by Gasteiger charge is 2.37. The van der Waals surface area contributed by atoms with E-state index in [4.69, 9.17) is 4.74 Å². The SMILES string of the molecule is CCCCCCCCCCCCCC(=O)OC1CC2CCC1CC2. The van der Waals surface area contributed by atoms with Crippen molar-refractivity contribution in [2.45, 2.75) is 122 Å². The van der Waals surface area contributed by atoms with Gasteiger partial charge in [0, 0.05) is 6.42 Å².